The number of rotatable bonds is 3. The molecule has 0 saturated carbocycles. The number of nitrogens with one attached hydrogen (secondary N) is 1. The molecule has 1 N–H and O–H groups in total. The molecule has 2 rings (SSSR count). The molecule has 3 nitrogen and oxygen atoms in total. The number of aromatic nitrogens is 1. The van der Waals surface area contributed by atoms with Gasteiger partial charge in [-0.05, 0) is 19.0 Å². The lowest BCUT2D eigenvalue weighted by atomic mass is 10.1. The van der Waals surface area contributed by atoms with Gasteiger partial charge in [0.2, 0.25) is 5.88 Å². The van der Waals surface area contributed by atoms with Crippen LogP contribution in [0.25, 0.3) is 0 Å². The van der Waals surface area contributed by atoms with E-state index in [9.17, 15) is 13.2 Å². The van der Waals surface area contributed by atoms with Crippen molar-refractivity contribution >= 4 is 11.6 Å². The van der Waals surface area contributed by atoms with Crippen LogP contribution in [0.5, 0.6) is 5.88 Å². The Balaban J connectivity index is 2.01. The van der Waals surface area contributed by atoms with Crippen molar-refractivity contribution in [2.24, 2.45) is 5.92 Å². The summed E-state index contributed by atoms with van der Waals surface area (Å²) in [6.07, 6.45) is -2.73. The van der Waals surface area contributed by atoms with Crippen LogP contribution in [0.15, 0.2) is 12.3 Å². The van der Waals surface area contributed by atoms with Crippen LogP contribution in [0.4, 0.5) is 13.2 Å². The minimum Gasteiger partial charge on any atom is -0.476 e. The Bertz CT molecular complexity index is 419. The standard InChI is InChI=1S/C11H12ClF3N2O/c12-9-3-8(11(13,14)15)5-17-10(9)18-6-7-1-2-16-4-7/h3,5,7,16H,1-2,4,6H2. The molecular weight excluding hydrogens is 269 g/mol. The molecule has 1 atom stereocenters. The highest BCUT2D eigenvalue weighted by Crippen LogP contribution is 2.33. The third-order valence-electron chi connectivity index (χ3n) is 2.75. The van der Waals surface area contributed by atoms with Crippen molar-refractivity contribution in [3.05, 3.63) is 22.8 Å². The van der Waals surface area contributed by atoms with Gasteiger partial charge in [0, 0.05) is 18.7 Å². The van der Waals surface area contributed by atoms with Crippen LogP contribution >= 0.6 is 11.6 Å². The van der Waals surface area contributed by atoms with E-state index in [1.165, 1.54) is 0 Å². The Labute approximate surface area is 107 Å². The summed E-state index contributed by atoms with van der Waals surface area (Å²) in [7, 11) is 0. The van der Waals surface area contributed by atoms with E-state index in [4.69, 9.17) is 16.3 Å². The Kier molecular flexibility index (Phi) is 3.97. The lowest BCUT2D eigenvalue weighted by Gasteiger charge is -2.12. The second kappa shape index (κ2) is 5.32. The molecule has 1 fully saturated rings. The molecule has 1 aliphatic heterocycles. The van der Waals surface area contributed by atoms with Crippen LogP contribution in [-0.2, 0) is 6.18 Å². The van der Waals surface area contributed by atoms with E-state index in [2.05, 4.69) is 10.3 Å². The highest BCUT2D eigenvalue weighted by molar-refractivity contribution is 6.31. The lowest BCUT2D eigenvalue weighted by molar-refractivity contribution is -0.137. The zero-order chi connectivity index (χ0) is 13.2. The van der Waals surface area contributed by atoms with Crippen LogP contribution in [0, 0.1) is 5.92 Å². The van der Waals surface area contributed by atoms with Gasteiger partial charge < -0.3 is 10.1 Å². The van der Waals surface area contributed by atoms with Gasteiger partial charge >= 0.3 is 6.18 Å². The van der Waals surface area contributed by atoms with Crippen molar-refractivity contribution in [2.45, 2.75) is 12.6 Å². The van der Waals surface area contributed by atoms with Gasteiger partial charge in [-0.25, -0.2) is 4.98 Å². The fourth-order valence-corrected chi connectivity index (χ4v) is 1.96. The van der Waals surface area contributed by atoms with Crippen molar-refractivity contribution in [3.8, 4) is 5.88 Å². The molecule has 0 bridgehead atoms. The quantitative estimate of drug-likeness (QED) is 0.924. The summed E-state index contributed by atoms with van der Waals surface area (Å²) >= 11 is 5.72. The van der Waals surface area contributed by atoms with Gasteiger partial charge in [-0.3, -0.25) is 0 Å². The fourth-order valence-electron chi connectivity index (χ4n) is 1.74. The number of hydrogen-bond donors (Lipinski definition) is 1. The molecule has 1 saturated heterocycles. The van der Waals surface area contributed by atoms with Gasteiger partial charge in [-0.2, -0.15) is 13.2 Å². The number of nitrogens with zero attached hydrogens (tertiary/aromatic N) is 1. The van der Waals surface area contributed by atoms with E-state index in [-0.39, 0.29) is 10.9 Å². The molecule has 0 aliphatic carbocycles. The smallest absolute Gasteiger partial charge is 0.417 e. The number of hydrogen-bond acceptors (Lipinski definition) is 3. The molecule has 1 aliphatic rings. The largest absolute Gasteiger partial charge is 0.476 e. The Hall–Kier alpha value is -1.01. The van der Waals surface area contributed by atoms with Crippen LogP contribution in [0.1, 0.15) is 12.0 Å². The van der Waals surface area contributed by atoms with E-state index in [1.807, 2.05) is 0 Å². The van der Waals surface area contributed by atoms with Gasteiger partial charge in [0.15, 0.2) is 0 Å². The zero-order valence-corrected chi connectivity index (χ0v) is 10.2. The normalized spacial score (nSPS) is 20.1. The summed E-state index contributed by atoms with van der Waals surface area (Å²) in [5, 5.41) is 3.06. The second-order valence-electron chi connectivity index (χ2n) is 4.18. The minimum absolute atomic E-state index is 0.0524. The van der Waals surface area contributed by atoms with Gasteiger partial charge in [-0.15, -0.1) is 0 Å². The van der Waals surface area contributed by atoms with Gasteiger partial charge in [0.1, 0.15) is 5.02 Å². The first-order chi connectivity index (χ1) is 8.47. The molecule has 100 valence electrons. The maximum atomic E-state index is 12.4. The average Bonchev–Trinajstić information content (AvgIpc) is 2.79. The van der Waals surface area contributed by atoms with E-state index in [0.29, 0.717) is 12.5 Å². The first-order valence-electron chi connectivity index (χ1n) is 5.53. The van der Waals surface area contributed by atoms with Gasteiger partial charge in [0.25, 0.3) is 0 Å². The topological polar surface area (TPSA) is 34.1 Å². The van der Waals surface area contributed by atoms with E-state index in [0.717, 1.165) is 31.8 Å². The predicted molar refractivity (Wildman–Crippen MR) is 60.7 cm³/mol. The molecule has 18 heavy (non-hydrogen) atoms. The maximum Gasteiger partial charge on any atom is 0.417 e. The van der Waals surface area contributed by atoms with Crippen molar-refractivity contribution in [1.82, 2.24) is 10.3 Å². The minimum atomic E-state index is -4.44. The fraction of sp³-hybridized carbons (Fsp3) is 0.545. The molecule has 0 amide bonds. The third-order valence-corrected chi connectivity index (χ3v) is 3.02. The molecule has 7 heteroatoms. The number of halogens is 4. The van der Waals surface area contributed by atoms with Crippen molar-refractivity contribution in [2.75, 3.05) is 19.7 Å². The van der Waals surface area contributed by atoms with Gasteiger partial charge in [-0.1, -0.05) is 11.6 Å². The summed E-state index contributed by atoms with van der Waals surface area (Å²) < 4.78 is 42.5. The summed E-state index contributed by atoms with van der Waals surface area (Å²) in [4.78, 5) is 3.61. The third kappa shape index (κ3) is 3.26. The van der Waals surface area contributed by atoms with E-state index >= 15 is 0 Å². The average molecular weight is 281 g/mol. The first kappa shape index (κ1) is 13.4. The van der Waals surface area contributed by atoms with Crippen LogP contribution in [0.3, 0.4) is 0 Å². The predicted octanol–water partition coefficient (Wildman–Crippen LogP) is 2.74. The van der Waals surface area contributed by atoms with Crippen LogP contribution in [0.2, 0.25) is 5.02 Å². The Morgan fingerprint density at radius 2 is 2.28 bits per heavy atom. The summed E-state index contributed by atoms with van der Waals surface area (Å²) in [5.74, 6) is 0.404. The number of ether oxygens (including phenoxy) is 1. The molecule has 0 aromatic carbocycles. The summed E-state index contributed by atoms with van der Waals surface area (Å²) in [5.41, 5.74) is -0.873. The highest BCUT2D eigenvalue weighted by Gasteiger charge is 2.31. The van der Waals surface area contributed by atoms with Crippen molar-refractivity contribution < 1.29 is 17.9 Å². The summed E-state index contributed by atoms with van der Waals surface area (Å²) in [6, 6.07) is 0.830. The zero-order valence-electron chi connectivity index (χ0n) is 9.43. The molecule has 0 radical (unpaired) electrons. The van der Waals surface area contributed by atoms with Gasteiger partial charge in [0.05, 0.1) is 12.2 Å². The molecule has 0 spiro atoms. The van der Waals surface area contributed by atoms with Crippen molar-refractivity contribution in [3.63, 3.8) is 0 Å². The summed E-state index contributed by atoms with van der Waals surface area (Å²) in [6.45, 7) is 2.19. The number of pyridine rings is 1. The van der Waals surface area contributed by atoms with E-state index < -0.39 is 11.7 Å². The maximum absolute atomic E-state index is 12.4. The SMILES string of the molecule is FC(F)(F)c1cnc(OCC2CCNC2)c(Cl)c1. The van der Waals surface area contributed by atoms with Crippen LogP contribution < -0.4 is 10.1 Å². The van der Waals surface area contributed by atoms with E-state index in [1.54, 1.807) is 0 Å². The monoisotopic (exact) mass is 280 g/mol. The van der Waals surface area contributed by atoms with Crippen LogP contribution in [-0.4, -0.2) is 24.7 Å². The highest BCUT2D eigenvalue weighted by atomic mass is 35.5. The number of alkyl halides is 3. The lowest BCUT2D eigenvalue weighted by Crippen LogP contribution is -2.16. The first-order valence-corrected chi connectivity index (χ1v) is 5.91. The molecule has 1 aromatic rings. The Morgan fingerprint density at radius 1 is 1.50 bits per heavy atom. The molecular formula is C11H12ClF3N2O. The molecule has 1 unspecified atom stereocenters. The Morgan fingerprint density at radius 3 is 2.83 bits per heavy atom. The second-order valence-corrected chi connectivity index (χ2v) is 4.59. The molecule has 1 aromatic heterocycles. The van der Waals surface area contributed by atoms with Crippen molar-refractivity contribution in [1.29, 1.82) is 0 Å². The molecule has 2 heterocycles.